The molecule has 2 aromatic rings. The van der Waals surface area contributed by atoms with Crippen LogP contribution in [0.1, 0.15) is 5.69 Å². The monoisotopic (exact) mass is 300 g/mol. The van der Waals surface area contributed by atoms with Crippen molar-refractivity contribution in [2.45, 2.75) is 13.0 Å². The maximum Gasteiger partial charge on any atom is 0.317 e. The molecule has 3 heterocycles. The second-order valence-electron chi connectivity index (χ2n) is 5.90. The van der Waals surface area contributed by atoms with Gasteiger partial charge in [-0.1, -0.05) is 12.1 Å². The van der Waals surface area contributed by atoms with Crippen molar-refractivity contribution in [1.29, 1.82) is 0 Å². The smallest absolute Gasteiger partial charge is 0.317 e. The van der Waals surface area contributed by atoms with Crippen LogP contribution in [-0.2, 0) is 0 Å². The number of piperazine rings is 1. The van der Waals surface area contributed by atoms with Crippen LogP contribution >= 0.6 is 0 Å². The lowest BCUT2D eigenvalue weighted by Gasteiger charge is -2.38. The van der Waals surface area contributed by atoms with Crippen LogP contribution in [0, 0.1) is 12.7 Å². The number of anilines is 1. The molecule has 1 unspecified atom stereocenters. The van der Waals surface area contributed by atoms with Crippen LogP contribution in [0.15, 0.2) is 24.3 Å². The highest BCUT2D eigenvalue weighted by Gasteiger charge is 2.35. The van der Waals surface area contributed by atoms with Gasteiger partial charge in [-0.25, -0.2) is 14.2 Å². The number of pyridine rings is 1. The van der Waals surface area contributed by atoms with E-state index in [2.05, 4.69) is 15.2 Å². The molecule has 4 rings (SSSR count). The standard InChI is InChI=1S/C16H17FN4O/c1-10-7-14(12-3-2-4-13(17)15(12)19-10)20-5-6-21-11(9-20)8-18-16(21)22/h2-4,7,11H,5-6,8-9H2,1H3,(H,18,22). The number of hydrogen-bond acceptors (Lipinski definition) is 3. The molecule has 2 aliphatic rings. The molecule has 1 atom stereocenters. The number of carbonyl (C=O) groups excluding carboxylic acids is 1. The molecule has 2 saturated heterocycles. The first-order valence-corrected chi connectivity index (χ1v) is 7.49. The van der Waals surface area contributed by atoms with Crippen molar-refractivity contribution < 1.29 is 9.18 Å². The van der Waals surface area contributed by atoms with Crippen molar-refractivity contribution in [2.75, 3.05) is 31.1 Å². The molecule has 2 amide bonds. The number of nitrogens with one attached hydrogen (secondary N) is 1. The minimum atomic E-state index is -0.293. The quantitative estimate of drug-likeness (QED) is 0.875. The Morgan fingerprint density at radius 1 is 1.36 bits per heavy atom. The fourth-order valence-corrected chi connectivity index (χ4v) is 3.40. The van der Waals surface area contributed by atoms with Gasteiger partial charge in [-0.3, -0.25) is 0 Å². The number of benzene rings is 1. The van der Waals surface area contributed by atoms with Crippen LogP contribution in [0.4, 0.5) is 14.9 Å². The molecule has 0 aliphatic carbocycles. The zero-order chi connectivity index (χ0) is 15.3. The second-order valence-corrected chi connectivity index (χ2v) is 5.90. The number of para-hydroxylation sites is 1. The predicted molar refractivity (Wildman–Crippen MR) is 82.5 cm³/mol. The number of aryl methyl sites for hydroxylation is 1. The summed E-state index contributed by atoms with van der Waals surface area (Å²) in [7, 11) is 0. The Kier molecular flexibility index (Phi) is 2.92. The van der Waals surface area contributed by atoms with E-state index in [0.29, 0.717) is 18.6 Å². The maximum absolute atomic E-state index is 14.0. The molecule has 1 aromatic heterocycles. The van der Waals surface area contributed by atoms with Crippen LogP contribution in [0.3, 0.4) is 0 Å². The van der Waals surface area contributed by atoms with Crippen LogP contribution in [0.2, 0.25) is 0 Å². The van der Waals surface area contributed by atoms with Gasteiger partial charge in [-0.05, 0) is 19.1 Å². The van der Waals surface area contributed by atoms with Gasteiger partial charge < -0.3 is 15.1 Å². The first-order chi connectivity index (χ1) is 10.6. The third-order valence-corrected chi connectivity index (χ3v) is 4.47. The van der Waals surface area contributed by atoms with E-state index in [1.807, 2.05) is 24.0 Å². The number of amides is 2. The Hall–Kier alpha value is -2.37. The number of aromatic nitrogens is 1. The van der Waals surface area contributed by atoms with E-state index >= 15 is 0 Å². The average Bonchev–Trinajstić information content (AvgIpc) is 2.88. The Morgan fingerprint density at radius 2 is 2.23 bits per heavy atom. The lowest BCUT2D eigenvalue weighted by molar-refractivity contribution is 0.198. The molecular formula is C16H17FN4O. The number of nitrogens with zero attached hydrogens (tertiary/aromatic N) is 3. The highest BCUT2D eigenvalue weighted by Crippen LogP contribution is 2.30. The zero-order valence-corrected chi connectivity index (χ0v) is 12.3. The molecule has 0 radical (unpaired) electrons. The molecule has 114 valence electrons. The van der Waals surface area contributed by atoms with Crippen molar-refractivity contribution in [3.05, 3.63) is 35.8 Å². The highest BCUT2D eigenvalue weighted by molar-refractivity contribution is 5.92. The van der Waals surface area contributed by atoms with E-state index in [1.54, 1.807) is 6.07 Å². The SMILES string of the molecule is Cc1cc(N2CCN3C(=O)NCC3C2)c2cccc(F)c2n1. The summed E-state index contributed by atoms with van der Waals surface area (Å²) in [6, 6.07) is 7.27. The van der Waals surface area contributed by atoms with Gasteiger partial charge in [0, 0.05) is 42.9 Å². The highest BCUT2D eigenvalue weighted by atomic mass is 19.1. The largest absolute Gasteiger partial charge is 0.367 e. The molecule has 6 heteroatoms. The molecule has 1 N–H and O–H groups in total. The normalized spacial score (nSPS) is 21.2. The third-order valence-electron chi connectivity index (χ3n) is 4.47. The molecule has 5 nitrogen and oxygen atoms in total. The molecule has 0 saturated carbocycles. The third kappa shape index (κ3) is 1.98. The number of halogens is 1. The summed E-state index contributed by atoms with van der Waals surface area (Å²) in [5, 5.41) is 3.71. The summed E-state index contributed by atoms with van der Waals surface area (Å²) in [4.78, 5) is 20.1. The lowest BCUT2D eigenvalue weighted by Crippen LogP contribution is -2.52. The van der Waals surface area contributed by atoms with Crippen LogP contribution < -0.4 is 10.2 Å². The van der Waals surface area contributed by atoms with Gasteiger partial charge in [0.15, 0.2) is 0 Å². The van der Waals surface area contributed by atoms with Gasteiger partial charge in [0.2, 0.25) is 0 Å². The molecule has 2 aliphatic heterocycles. The molecule has 22 heavy (non-hydrogen) atoms. The summed E-state index contributed by atoms with van der Waals surface area (Å²) in [6.45, 7) is 4.75. The van der Waals surface area contributed by atoms with Crippen LogP contribution in [0.25, 0.3) is 10.9 Å². The first kappa shape index (κ1) is 13.3. The summed E-state index contributed by atoms with van der Waals surface area (Å²) < 4.78 is 14.0. The number of rotatable bonds is 1. The zero-order valence-electron chi connectivity index (χ0n) is 12.3. The van der Waals surface area contributed by atoms with E-state index in [-0.39, 0.29) is 17.9 Å². The predicted octanol–water partition coefficient (Wildman–Crippen LogP) is 1.90. The van der Waals surface area contributed by atoms with Gasteiger partial charge in [0.05, 0.1) is 6.04 Å². The maximum atomic E-state index is 14.0. The van der Waals surface area contributed by atoms with Gasteiger partial charge in [-0.2, -0.15) is 0 Å². The van der Waals surface area contributed by atoms with Gasteiger partial charge in [0.25, 0.3) is 0 Å². The molecule has 2 fully saturated rings. The Bertz CT molecular complexity index is 763. The minimum absolute atomic E-state index is 0.0199. The average molecular weight is 300 g/mol. The Balaban J connectivity index is 1.75. The van der Waals surface area contributed by atoms with Crippen LogP contribution in [-0.4, -0.2) is 48.1 Å². The lowest BCUT2D eigenvalue weighted by atomic mass is 10.1. The van der Waals surface area contributed by atoms with Gasteiger partial charge >= 0.3 is 6.03 Å². The van der Waals surface area contributed by atoms with Crippen molar-refractivity contribution in [1.82, 2.24) is 15.2 Å². The molecule has 0 bridgehead atoms. The topological polar surface area (TPSA) is 48.5 Å². The molecule has 0 spiro atoms. The number of urea groups is 1. The van der Waals surface area contributed by atoms with E-state index in [1.165, 1.54) is 6.07 Å². The van der Waals surface area contributed by atoms with E-state index < -0.39 is 0 Å². The number of fused-ring (bicyclic) bond motifs is 2. The Morgan fingerprint density at radius 3 is 3.09 bits per heavy atom. The summed E-state index contributed by atoms with van der Waals surface area (Å²) in [5.74, 6) is -0.293. The second kappa shape index (κ2) is 4.83. The van der Waals surface area contributed by atoms with Crippen molar-refractivity contribution >= 4 is 22.6 Å². The summed E-state index contributed by atoms with van der Waals surface area (Å²) in [5.41, 5.74) is 2.22. The fourth-order valence-electron chi connectivity index (χ4n) is 3.40. The minimum Gasteiger partial charge on any atom is -0.367 e. The van der Waals surface area contributed by atoms with Crippen LogP contribution in [0.5, 0.6) is 0 Å². The van der Waals surface area contributed by atoms with E-state index in [0.717, 1.165) is 29.9 Å². The number of carbonyl (C=O) groups is 1. The van der Waals surface area contributed by atoms with E-state index in [9.17, 15) is 9.18 Å². The van der Waals surface area contributed by atoms with Gasteiger partial charge in [0.1, 0.15) is 11.3 Å². The Labute approximate surface area is 127 Å². The fraction of sp³-hybridized carbons (Fsp3) is 0.375. The molecular weight excluding hydrogens is 283 g/mol. The molecule has 1 aromatic carbocycles. The summed E-state index contributed by atoms with van der Waals surface area (Å²) >= 11 is 0. The summed E-state index contributed by atoms with van der Waals surface area (Å²) in [6.07, 6.45) is 0. The first-order valence-electron chi connectivity index (χ1n) is 7.49. The van der Waals surface area contributed by atoms with Crippen molar-refractivity contribution in [3.63, 3.8) is 0 Å². The van der Waals surface area contributed by atoms with Gasteiger partial charge in [-0.15, -0.1) is 0 Å². The van der Waals surface area contributed by atoms with Crippen molar-refractivity contribution in [2.24, 2.45) is 0 Å². The number of hydrogen-bond donors (Lipinski definition) is 1. The van der Waals surface area contributed by atoms with Crippen molar-refractivity contribution in [3.8, 4) is 0 Å². The van der Waals surface area contributed by atoms with E-state index in [4.69, 9.17) is 0 Å².